The number of benzene rings is 1. The second-order valence-electron chi connectivity index (χ2n) is 5.10. The van der Waals surface area contributed by atoms with Crippen molar-refractivity contribution in [1.29, 1.82) is 0 Å². The third kappa shape index (κ3) is 2.94. The van der Waals surface area contributed by atoms with Crippen LogP contribution in [-0.2, 0) is 9.84 Å². The fourth-order valence-corrected chi connectivity index (χ4v) is 4.13. The lowest BCUT2D eigenvalue weighted by molar-refractivity contribution is 0.510. The second kappa shape index (κ2) is 5.18. The first-order valence-electron chi connectivity index (χ1n) is 6.51. The minimum atomic E-state index is -3.06. The highest BCUT2D eigenvalue weighted by molar-refractivity contribution is 7.91. The number of fused-ring (bicyclic) bond motifs is 1. The molecular weight excluding hydrogens is 300 g/mol. The van der Waals surface area contributed by atoms with Crippen LogP contribution < -0.4 is 5.32 Å². The summed E-state index contributed by atoms with van der Waals surface area (Å²) in [6.07, 6.45) is 2.50. The molecule has 2 heterocycles. The highest BCUT2D eigenvalue weighted by Crippen LogP contribution is 2.24. The van der Waals surface area contributed by atoms with E-state index in [0.29, 0.717) is 24.0 Å². The van der Waals surface area contributed by atoms with Crippen molar-refractivity contribution in [3.8, 4) is 0 Å². The van der Waals surface area contributed by atoms with Crippen LogP contribution in [0.3, 0.4) is 0 Å². The second-order valence-corrected chi connectivity index (χ2v) is 7.33. The third-order valence-electron chi connectivity index (χ3n) is 3.48. The van der Waals surface area contributed by atoms with Gasteiger partial charge in [-0.3, -0.25) is 0 Å². The van der Waals surface area contributed by atoms with Crippen molar-refractivity contribution < 1.29 is 17.2 Å². The van der Waals surface area contributed by atoms with Gasteiger partial charge in [-0.1, -0.05) is 0 Å². The molecule has 0 spiro atoms. The maximum Gasteiger partial charge on any atom is 0.161 e. The Hall–Kier alpha value is -1.83. The average Bonchev–Trinajstić information content (AvgIpc) is 2.40. The largest absolute Gasteiger partial charge is 0.366 e. The molecule has 0 saturated carbocycles. The van der Waals surface area contributed by atoms with E-state index < -0.39 is 21.5 Å². The zero-order chi connectivity index (χ0) is 15.0. The third-order valence-corrected chi connectivity index (χ3v) is 5.30. The Morgan fingerprint density at radius 2 is 1.95 bits per heavy atom. The van der Waals surface area contributed by atoms with Crippen LogP contribution in [0.4, 0.5) is 14.6 Å². The van der Waals surface area contributed by atoms with Crippen LogP contribution in [0.5, 0.6) is 0 Å². The Morgan fingerprint density at radius 3 is 2.71 bits per heavy atom. The van der Waals surface area contributed by atoms with Gasteiger partial charge in [0.1, 0.15) is 12.1 Å². The van der Waals surface area contributed by atoms with Crippen molar-refractivity contribution in [3.63, 3.8) is 0 Å². The lowest BCUT2D eigenvalue weighted by Crippen LogP contribution is -2.35. The maximum atomic E-state index is 13.4. The molecule has 1 aliphatic heterocycles. The number of sulfone groups is 1. The van der Waals surface area contributed by atoms with Crippen LogP contribution >= 0.6 is 0 Å². The monoisotopic (exact) mass is 313 g/mol. The Labute approximate surface area is 120 Å². The number of nitrogens with one attached hydrogen (secondary N) is 1. The summed E-state index contributed by atoms with van der Waals surface area (Å²) >= 11 is 0. The highest BCUT2D eigenvalue weighted by Gasteiger charge is 2.25. The Balaban J connectivity index is 1.95. The summed E-state index contributed by atoms with van der Waals surface area (Å²) in [7, 11) is -3.06. The van der Waals surface area contributed by atoms with Crippen LogP contribution in [0.25, 0.3) is 10.9 Å². The molecule has 112 valence electrons. The number of aromatic nitrogens is 2. The summed E-state index contributed by atoms with van der Waals surface area (Å²) in [6, 6.07) is 1.73. The molecule has 1 unspecified atom stereocenters. The standard InChI is InChI=1S/C13H13F2N3O2S/c14-10-4-9-12(5-11(10)15)16-7-17-13(9)18-8-2-1-3-21(19,20)6-8/h4-5,7-8H,1-3,6H2,(H,16,17,18). The molecule has 1 aromatic heterocycles. The van der Waals surface area contributed by atoms with E-state index in [9.17, 15) is 17.2 Å². The van der Waals surface area contributed by atoms with Crippen LogP contribution in [0.15, 0.2) is 18.5 Å². The van der Waals surface area contributed by atoms with Gasteiger partial charge in [0.25, 0.3) is 0 Å². The fraction of sp³-hybridized carbons (Fsp3) is 0.385. The van der Waals surface area contributed by atoms with Gasteiger partial charge in [-0.2, -0.15) is 0 Å². The summed E-state index contributed by atoms with van der Waals surface area (Å²) in [4.78, 5) is 7.90. The van der Waals surface area contributed by atoms with Gasteiger partial charge < -0.3 is 5.32 Å². The summed E-state index contributed by atoms with van der Waals surface area (Å²) in [5.41, 5.74) is 0.269. The minimum absolute atomic E-state index is 0.0160. The molecule has 1 aliphatic rings. The molecule has 1 N–H and O–H groups in total. The van der Waals surface area contributed by atoms with E-state index in [2.05, 4.69) is 15.3 Å². The Morgan fingerprint density at radius 1 is 1.19 bits per heavy atom. The van der Waals surface area contributed by atoms with Crippen molar-refractivity contribution in [2.45, 2.75) is 18.9 Å². The Bertz CT molecular complexity index is 795. The Kier molecular flexibility index (Phi) is 3.48. The maximum absolute atomic E-state index is 13.4. The van der Waals surface area contributed by atoms with Gasteiger partial charge in [-0.05, 0) is 18.9 Å². The molecule has 0 radical (unpaired) electrons. The normalized spacial score (nSPS) is 21.3. The van der Waals surface area contributed by atoms with Crippen molar-refractivity contribution in [2.75, 3.05) is 16.8 Å². The number of rotatable bonds is 2. The summed E-state index contributed by atoms with van der Waals surface area (Å²) < 4.78 is 49.8. The summed E-state index contributed by atoms with van der Waals surface area (Å²) in [5.74, 6) is -1.44. The number of nitrogens with zero attached hydrogens (tertiary/aromatic N) is 2. The molecule has 5 nitrogen and oxygen atoms in total. The van der Waals surface area contributed by atoms with Crippen molar-refractivity contribution in [2.24, 2.45) is 0 Å². The molecule has 21 heavy (non-hydrogen) atoms. The van der Waals surface area contributed by atoms with E-state index in [-0.39, 0.29) is 23.1 Å². The van der Waals surface area contributed by atoms with E-state index in [1.54, 1.807) is 0 Å². The van der Waals surface area contributed by atoms with Gasteiger partial charge in [0.05, 0.1) is 17.0 Å². The van der Waals surface area contributed by atoms with E-state index in [1.807, 2.05) is 0 Å². The molecule has 0 bridgehead atoms. The zero-order valence-corrected chi connectivity index (χ0v) is 11.8. The van der Waals surface area contributed by atoms with Crippen molar-refractivity contribution in [1.82, 2.24) is 9.97 Å². The van der Waals surface area contributed by atoms with Gasteiger partial charge in [0, 0.05) is 17.5 Å². The van der Waals surface area contributed by atoms with E-state index in [1.165, 1.54) is 6.33 Å². The van der Waals surface area contributed by atoms with E-state index in [4.69, 9.17) is 0 Å². The number of hydrogen-bond donors (Lipinski definition) is 1. The van der Waals surface area contributed by atoms with Crippen LogP contribution in [0.2, 0.25) is 0 Å². The molecule has 3 rings (SSSR count). The topological polar surface area (TPSA) is 72.0 Å². The minimum Gasteiger partial charge on any atom is -0.366 e. The smallest absolute Gasteiger partial charge is 0.161 e. The van der Waals surface area contributed by atoms with Crippen molar-refractivity contribution in [3.05, 3.63) is 30.1 Å². The molecule has 1 aromatic carbocycles. The van der Waals surface area contributed by atoms with Crippen LogP contribution in [-0.4, -0.2) is 35.9 Å². The molecule has 1 fully saturated rings. The fourth-order valence-electron chi connectivity index (χ4n) is 2.50. The lowest BCUT2D eigenvalue weighted by Gasteiger charge is -2.23. The summed E-state index contributed by atoms with van der Waals surface area (Å²) in [5, 5.41) is 3.34. The summed E-state index contributed by atoms with van der Waals surface area (Å²) in [6.45, 7) is 0. The number of hydrogen-bond acceptors (Lipinski definition) is 5. The predicted octanol–water partition coefficient (Wildman–Crippen LogP) is 1.90. The van der Waals surface area contributed by atoms with Crippen LogP contribution in [0.1, 0.15) is 12.8 Å². The van der Waals surface area contributed by atoms with Gasteiger partial charge in [0.2, 0.25) is 0 Å². The molecule has 1 saturated heterocycles. The van der Waals surface area contributed by atoms with E-state index in [0.717, 1.165) is 12.1 Å². The SMILES string of the molecule is O=S1(=O)CCCC(Nc2ncnc3cc(F)c(F)cc23)C1. The lowest BCUT2D eigenvalue weighted by atomic mass is 10.1. The van der Waals surface area contributed by atoms with Crippen LogP contribution in [0, 0.1) is 11.6 Å². The quantitative estimate of drug-likeness (QED) is 0.917. The molecule has 1 atom stereocenters. The number of halogens is 2. The molecule has 2 aromatic rings. The van der Waals surface area contributed by atoms with Gasteiger partial charge in [-0.15, -0.1) is 0 Å². The van der Waals surface area contributed by atoms with Crippen molar-refractivity contribution >= 4 is 26.6 Å². The van der Waals surface area contributed by atoms with E-state index >= 15 is 0 Å². The molecule has 0 aliphatic carbocycles. The first-order chi connectivity index (χ1) is 9.94. The molecule has 8 heteroatoms. The molecule has 0 amide bonds. The number of anilines is 1. The average molecular weight is 313 g/mol. The molecular formula is C13H13F2N3O2S. The predicted molar refractivity (Wildman–Crippen MR) is 74.8 cm³/mol. The zero-order valence-electron chi connectivity index (χ0n) is 11.0. The first-order valence-corrected chi connectivity index (χ1v) is 8.33. The van der Waals surface area contributed by atoms with Gasteiger partial charge >= 0.3 is 0 Å². The van der Waals surface area contributed by atoms with Gasteiger partial charge in [-0.25, -0.2) is 27.2 Å². The highest BCUT2D eigenvalue weighted by atomic mass is 32.2. The van der Waals surface area contributed by atoms with Gasteiger partial charge in [0.15, 0.2) is 21.5 Å². The first kappa shape index (κ1) is 14.1.